The lowest BCUT2D eigenvalue weighted by Gasteiger charge is -2.27. The summed E-state index contributed by atoms with van der Waals surface area (Å²) >= 11 is 6.16. The van der Waals surface area contributed by atoms with Gasteiger partial charge in [0.25, 0.3) is 0 Å². The number of nitrogen functional groups attached to an aromatic ring is 1. The number of benzene rings is 1. The minimum atomic E-state index is -0.0393. The maximum absolute atomic E-state index is 12.8. The molecule has 7 heteroatoms. The molecule has 1 aliphatic rings. The maximum atomic E-state index is 12.8. The van der Waals surface area contributed by atoms with Crippen LogP contribution in [0, 0.1) is 6.92 Å². The number of rotatable bonds is 2. The Labute approximate surface area is 149 Å². The molecule has 0 fully saturated rings. The van der Waals surface area contributed by atoms with Crippen LogP contribution in [0.3, 0.4) is 0 Å². The summed E-state index contributed by atoms with van der Waals surface area (Å²) in [6.45, 7) is 3.88. The average Bonchev–Trinajstić information content (AvgIpc) is 2.59. The normalized spacial score (nSPS) is 14.6. The molecule has 3 aromatic rings. The van der Waals surface area contributed by atoms with Crippen molar-refractivity contribution in [1.29, 1.82) is 0 Å². The first kappa shape index (κ1) is 16.1. The Balaban J connectivity index is 1.63. The highest BCUT2D eigenvalue weighted by Gasteiger charge is 2.20. The second-order valence-electron chi connectivity index (χ2n) is 6.35. The summed E-state index contributed by atoms with van der Waals surface area (Å²) < 4.78 is 5.66. The Morgan fingerprint density at radius 3 is 3.08 bits per heavy atom. The van der Waals surface area contributed by atoms with Crippen LogP contribution in [0.1, 0.15) is 22.4 Å². The first-order valence-electron chi connectivity index (χ1n) is 8.04. The fourth-order valence-corrected chi connectivity index (χ4v) is 3.33. The molecule has 25 heavy (non-hydrogen) atoms. The van der Waals surface area contributed by atoms with E-state index in [0.717, 1.165) is 29.8 Å². The molecule has 0 bridgehead atoms. The van der Waals surface area contributed by atoms with E-state index >= 15 is 0 Å². The van der Waals surface area contributed by atoms with Crippen LogP contribution in [-0.4, -0.2) is 21.4 Å². The third kappa shape index (κ3) is 2.99. The van der Waals surface area contributed by atoms with Gasteiger partial charge in [-0.15, -0.1) is 0 Å². The van der Waals surface area contributed by atoms with E-state index in [1.54, 1.807) is 24.6 Å². The molecule has 0 saturated carbocycles. The van der Waals surface area contributed by atoms with Crippen molar-refractivity contribution in [1.82, 2.24) is 14.9 Å². The van der Waals surface area contributed by atoms with Crippen LogP contribution in [0.4, 0.5) is 5.95 Å². The zero-order valence-corrected chi connectivity index (χ0v) is 14.5. The molecule has 4 rings (SSSR count). The van der Waals surface area contributed by atoms with Crippen LogP contribution >= 0.6 is 11.6 Å². The Kier molecular flexibility index (Phi) is 3.94. The summed E-state index contributed by atoms with van der Waals surface area (Å²) in [6, 6.07) is 3.48. The number of nitrogens with two attached hydrogens (primary N) is 1. The molecule has 0 aliphatic carbocycles. The van der Waals surface area contributed by atoms with Gasteiger partial charge in [0.15, 0.2) is 5.43 Å². The van der Waals surface area contributed by atoms with Crippen molar-refractivity contribution < 1.29 is 4.42 Å². The van der Waals surface area contributed by atoms with Gasteiger partial charge in [0.2, 0.25) is 5.95 Å². The second kappa shape index (κ2) is 6.13. The van der Waals surface area contributed by atoms with Gasteiger partial charge in [-0.3, -0.25) is 9.69 Å². The number of hydrogen-bond donors (Lipinski definition) is 1. The highest BCUT2D eigenvalue weighted by Crippen LogP contribution is 2.23. The number of aryl methyl sites for hydroxylation is 1. The Morgan fingerprint density at radius 2 is 2.24 bits per heavy atom. The lowest BCUT2D eigenvalue weighted by molar-refractivity contribution is 0.240. The van der Waals surface area contributed by atoms with Gasteiger partial charge in [-0.1, -0.05) is 11.6 Å². The molecule has 0 saturated heterocycles. The van der Waals surface area contributed by atoms with E-state index in [4.69, 9.17) is 21.8 Å². The highest BCUT2D eigenvalue weighted by atomic mass is 35.5. The summed E-state index contributed by atoms with van der Waals surface area (Å²) in [4.78, 5) is 23.3. The van der Waals surface area contributed by atoms with E-state index in [0.29, 0.717) is 40.6 Å². The molecule has 3 heterocycles. The number of hydrogen-bond acceptors (Lipinski definition) is 6. The summed E-state index contributed by atoms with van der Waals surface area (Å²) in [5.41, 5.74) is 9.69. The highest BCUT2D eigenvalue weighted by molar-refractivity contribution is 6.32. The van der Waals surface area contributed by atoms with Crippen molar-refractivity contribution in [2.45, 2.75) is 26.4 Å². The summed E-state index contributed by atoms with van der Waals surface area (Å²) in [7, 11) is 0. The largest absolute Gasteiger partial charge is 0.464 e. The van der Waals surface area contributed by atoms with E-state index in [1.165, 1.54) is 0 Å². The lowest BCUT2D eigenvalue weighted by atomic mass is 10.1. The molecule has 6 nitrogen and oxygen atoms in total. The maximum Gasteiger partial charge on any atom is 0.220 e. The van der Waals surface area contributed by atoms with Gasteiger partial charge in [-0.2, -0.15) is 0 Å². The lowest BCUT2D eigenvalue weighted by Crippen LogP contribution is -2.32. The predicted molar refractivity (Wildman–Crippen MR) is 96.5 cm³/mol. The summed E-state index contributed by atoms with van der Waals surface area (Å²) in [5, 5.41) is 1.08. The molecule has 128 valence electrons. The van der Waals surface area contributed by atoms with Crippen LogP contribution in [0.25, 0.3) is 11.0 Å². The van der Waals surface area contributed by atoms with E-state index in [9.17, 15) is 4.79 Å². The van der Waals surface area contributed by atoms with Gasteiger partial charge in [0.1, 0.15) is 5.58 Å². The van der Waals surface area contributed by atoms with Crippen LogP contribution < -0.4 is 11.2 Å². The minimum absolute atomic E-state index is 0.0393. The van der Waals surface area contributed by atoms with Gasteiger partial charge in [0.05, 0.1) is 17.3 Å². The SMILES string of the molecule is Cc1cc2occ(CN3CCc4nc(N)ncc4C3)c(=O)c2cc1Cl. The molecular formula is C18H17ClN4O2. The number of nitrogens with zero attached hydrogens (tertiary/aromatic N) is 3. The van der Waals surface area contributed by atoms with Crippen molar-refractivity contribution in [2.75, 3.05) is 12.3 Å². The fourth-order valence-electron chi connectivity index (χ4n) is 3.17. The monoisotopic (exact) mass is 356 g/mol. The summed E-state index contributed by atoms with van der Waals surface area (Å²) in [5.74, 6) is 0.301. The number of aromatic nitrogens is 2. The number of fused-ring (bicyclic) bond motifs is 2. The molecule has 2 aromatic heterocycles. The van der Waals surface area contributed by atoms with E-state index in [2.05, 4.69) is 14.9 Å². The van der Waals surface area contributed by atoms with Crippen molar-refractivity contribution in [3.8, 4) is 0 Å². The van der Waals surface area contributed by atoms with Crippen molar-refractivity contribution in [2.24, 2.45) is 0 Å². The van der Waals surface area contributed by atoms with Crippen LogP contribution in [0.15, 0.2) is 33.8 Å². The van der Waals surface area contributed by atoms with Gasteiger partial charge >= 0.3 is 0 Å². The predicted octanol–water partition coefficient (Wildman–Crippen LogP) is 2.69. The van der Waals surface area contributed by atoms with Crippen molar-refractivity contribution in [3.05, 3.63) is 62.2 Å². The average molecular weight is 357 g/mol. The number of halogens is 1. The molecule has 2 N–H and O–H groups in total. The molecule has 0 amide bonds. The van der Waals surface area contributed by atoms with Gasteiger partial charge in [-0.25, -0.2) is 9.97 Å². The molecular weight excluding hydrogens is 340 g/mol. The van der Waals surface area contributed by atoms with Gasteiger partial charge in [0, 0.05) is 48.4 Å². The topological polar surface area (TPSA) is 85.2 Å². The molecule has 1 aromatic carbocycles. The van der Waals surface area contributed by atoms with E-state index < -0.39 is 0 Å². The Morgan fingerprint density at radius 1 is 1.40 bits per heavy atom. The molecule has 0 atom stereocenters. The third-order valence-corrected chi connectivity index (χ3v) is 4.96. The number of anilines is 1. The first-order valence-corrected chi connectivity index (χ1v) is 8.42. The quantitative estimate of drug-likeness (QED) is 0.759. The molecule has 0 unspecified atom stereocenters. The van der Waals surface area contributed by atoms with Crippen molar-refractivity contribution >= 4 is 28.5 Å². The Hall–Kier alpha value is -2.44. The molecule has 1 aliphatic heterocycles. The minimum Gasteiger partial charge on any atom is -0.464 e. The van der Waals surface area contributed by atoms with E-state index in [-0.39, 0.29) is 5.43 Å². The van der Waals surface area contributed by atoms with Crippen LogP contribution in [0.5, 0.6) is 0 Å². The fraction of sp³-hybridized carbons (Fsp3) is 0.278. The van der Waals surface area contributed by atoms with E-state index in [1.807, 2.05) is 6.92 Å². The molecule has 0 spiro atoms. The first-order chi connectivity index (χ1) is 12.0. The van der Waals surface area contributed by atoms with Crippen molar-refractivity contribution in [3.63, 3.8) is 0 Å². The van der Waals surface area contributed by atoms with Gasteiger partial charge < -0.3 is 10.2 Å². The zero-order chi connectivity index (χ0) is 17.6. The molecule has 0 radical (unpaired) electrons. The van der Waals surface area contributed by atoms with Crippen LogP contribution in [0.2, 0.25) is 5.02 Å². The Bertz CT molecular complexity index is 1030. The smallest absolute Gasteiger partial charge is 0.220 e. The second-order valence-corrected chi connectivity index (χ2v) is 6.76. The van der Waals surface area contributed by atoms with Crippen LogP contribution in [-0.2, 0) is 19.5 Å². The standard InChI is InChI=1S/C18H17ClN4O2/c1-10-4-16-13(5-14(10)19)17(24)12(9-25-16)8-23-3-2-15-11(7-23)6-21-18(20)22-15/h4-6,9H,2-3,7-8H2,1H3,(H2,20,21,22). The van der Waals surface area contributed by atoms with Gasteiger partial charge in [-0.05, 0) is 24.6 Å². The zero-order valence-electron chi connectivity index (χ0n) is 13.8. The third-order valence-electron chi connectivity index (χ3n) is 4.55. The summed E-state index contributed by atoms with van der Waals surface area (Å²) in [6.07, 6.45) is 4.09.